The van der Waals surface area contributed by atoms with Gasteiger partial charge in [0.05, 0.1) is 0 Å². The largest absolute Gasteiger partial charge is 0.326 e. The maximum atomic E-state index is 13.0. The highest BCUT2D eigenvalue weighted by atomic mass is 32.2. The van der Waals surface area contributed by atoms with E-state index in [1.807, 2.05) is 0 Å². The van der Waals surface area contributed by atoms with E-state index >= 15 is 0 Å². The lowest BCUT2D eigenvalue weighted by atomic mass is 10.3. The third kappa shape index (κ3) is 3.34. The van der Waals surface area contributed by atoms with E-state index in [1.54, 1.807) is 0 Å². The molecule has 0 N–H and O–H groups in total. The zero-order valence-corrected chi connectivity index (χ0v) is 9.75. The van der Waals surface area contributed by atoms with Crippen molar-refractivity contribution >= 4 is 18.1 Å². The Morgan fingerprint density at radius 2 is 1.94 bits per heavy atom. The van der Waals surface area contributed by atoms with Crippen molar-refractivity contribution < 1.29 is 30.8 Å². The molecule has 0 aromatic heterocycles. The van der Waals surface area contributed by atoms with Crippen molar-refractivity contribution in [1.82, 2.24) is 0 Å². The van der Waals surface area contributed by atoms with Crippen LogP contribution in [0.1, 0.15) is 0 Å². The molecule has 5 nitrogen and oxygen atoms in total. The van der Waals surface area contributed by atoms with E-state index in [1.165, 1.54) is 0 Å². The van der Waals surface area contributed by atoms with E-state index in [4.69, 9.17) is 0 Å². The summed E-state index contributed by atoms with van der Waals surface area (Å²) in [4.78, 5) is -1.02. The summed E-state index contributed by atoms with van der Waals surface area (Å²) in [7, 11) is -7.29. The molecule has 0 spiro atoms. The Kier molecular flexibility index (Phi) is 4.15. The zero-order chi connectivity index (χ0) is 12.3. The first-order valence-corrected chi connectivity index (χ1v) is 7.12. The molecule has 1 unspecified atom stereocenters. The first kappa shape index (κ1) is 13.2. The van der Waals surface area contributed by atoms with Gasteiger partial charge in [-0.25, -0.2) is 8.78 Å². The molecule has 1 aromatic rings. The monoisotopic (exact) mass is 272 g/mol. The van der Waals surface area contributed by atoms with Crippen molar-refractivity contribution in [3.05, 3.63) is 29.8 Å². The lowest BCUT2D eigenvalue weighted by Crippen LogP contribution is -2.07. The predicted octanol–water partition coefficient (Wildman–Crippen LogP) is 1.71. The van der Waals surface area contributed by atoms with Crippen LogP contribution in [-0.4, -0.2) is 15.1 Å². The van der Waals surface area contributed by atoms with Crippen LogP contribution in [-0.2, 0) is 23.7 Å². The van der Waals surface area contributed by atoms with Gasteiger partial charge in [0.15, 0.2) is 0 Å². The summed E-state index contributed by atoms with van der Waals surface area (Å²) in [5, 5.41) is 0. The fourth-order valence-electron chi connectivity index (χ4n) is 0.798. The van der Waals surface area contributed by atoms with Gasteiger partial charge in [0.25, 0.3) is 0 Å². The molecule has 0 bridgehead atoms. The second-order valence-electron chi connectivity index (χ2n) is 2.67. The number of halogens is 2. The lowest BCUT2D eigenvalue weighted by molar-refractivity contribution is -0.0835. The SMILES string of the molecule is C[PH](=O)OOS(=O)(=O)c1cc(F)ccc1F. The lowest BCUT2D eigenvalue weighted by Gasteiger charge is -2.04. The minimum Gasteiger partial charge on any atom is -0.294 e. The average Bonchev–Trinajstić information content (AvgIpc) is 2.19. The Morgan fingerprint density at radius 1 is 1.31 bits per heavy atom. The first-order chi connectivity index (χ1) is 7.33. The van der Waals surface area contributed by atoms with Gasteiger partial charge in [-0.15, -0.1) is 0 Å². The Hall–Kier alpha value is -0.820. The van der Waals surface area contributed by atoms with Crippen LogP contribution in [0.15, 0.2) is 23.1 Å². The summed E-state index contributed by atoms with van der Waals surface area (Å²) in [6.45, 7) is 1.07. The van der Waals surface area contributed by atoms with E-state index in [2.05, 4.69) is 9.01 Å². The maximum Gasteiger partial charge on any atom is 0.326 e. The van der Waals surface area contributed by atoms with Gasteiger partial charge < -0.3 is 0 Å². The molecule has 0 aliphatic heterocycles. The van der Waals surface area contributed by atoms with Gasteiger partial charge in [0.1, 0.15) is 16.5 Å². The second kappa shape index (κ2) is 5.01. The van der Waals surface area contributed by atoms with Crippen molar-refractivity contribution in [2.24, 2.45) is 0 Å². The van der Waals surface area contributed by atoms with Crippen LogP contribution >= 0.6 is 8.03 Å². The Balaban J connectivity index is 3.07. The van der Waals surface area contributed by atoms with Crippen LogP contribution in [0.3, 0.4) is 0 Å². The standard InChI is InChI=1S/C7H7F2O5PS/c1-15(10)13-14-16(11,12)7-4-5(8)2-3-6(7)9/h2-4,15H,1H3. The molecule has 90 valence electrons. The zero-order valence-electron chi connectivity index (χ0n) is 7.94. The molecule has 0 radical (unpaired) electrons. The third-order valence-electron chi connectivity index (χ3n) is 1.40. The van der Waals surface area contributed by atoms with Crippen LogP contribution in [0.4, 0.5) is 8.78 Å². The minimum absolute atomic E-state index is 0.431. The fraction of sp³-hybridized carbons (Fsp3) is 0.143. The Bertz CT molecular complexity index is 516. The quantitative estimate of drug-likeness (QED) is 0.474. The van der Waals surface area contributed by atoms with Crippen LogP contribution in [0.5, 0.6) is 0 Å². The van der Waals surface area contributed by atoms with Crippen molar-refractivity contribution in [2.75, 3.05) is 6.66 Å². The fourth-order valence-corrected chi connectivity index (χ4v) is 2.18. The number of hydrogen-bond acceptors (Lipinski definition) is 5. The van der Waals surface area contributed by atoms with E-state index in [0.717, 1.165) is 12.7 Å². The smallest absolute Gasteiger partial charge is 0.294 e. The molecule has 0 fully saturated rings. The van der Waals surface area contributed by atoms with Crippen molar-refractivity contribution in [3.63, 3.8) is 0 Å². The molecule has 0 heterocycles. The van der Waals surface area contributed by atoms with Gasteiger partial charge in [-0.1, -0.05) is 4.33 Å². The summed E-state index contributed by atoms with van der Waals surface area (Å²) in [6.07, 6.45) is 0. The Labute approximate surface area is 90.9 Å². The van der Waals surface area contributed by atoms with Gasteiger partial charge in [0, 0.05) is 6.66 Å². The van der Waals surface area contributed by atoms with Crippen molar-refractivity contribution in [1.29, 1.82) is 0 Å². The molecule has 0 saturated heterocycles. The Morgan fingerprint density at radius 3 is 2.50 bits per heavy atom. The molecule has 1 aromatic carbocycles. The van der Waals surface area contributed by atoms with Gasteiger partial charge in [0.2, 0.25) is 8.03 Å². The van der Waals surface area contributed by atoms with E-state index < -0.39 is 34.7 Å². The van der Waals surface area contributed by atoms with E-state index in [-0.39, 0.29) is 0 Å². The van der Waals surface area contributed by atoms with Crippen LogP contribution in [0.25, 0.3) is 0 Å². The van der Waals surface area contributed by atoms with Crippen molar-refractivity contribution in [2.45, 2.75) is 4.90 Å². The number of hydrogen-bond donors (Lipinski definition) is 0. The number of rotatable bonds is 4. The van der Waals surface area contributed by atoms with Gasteiger partial charge in [-0.05, 0) is 18.2 Å². The third-order valence-corrected chi connectivity index (χ3v) is 2.94. The van der Waals surface area contributed by atoms with E-state index in [0.29, 0.717) is 12.1 Å². The van der Waals surface area contributed by atoms with Gasteiger partial charge in [-0.3, -0.25) is 4.57 Å². The summed E-state index contributed by atoms with van der Waals surface area (Å²) in [5.41, 5.74) is 0. The topological polar surface area (TPSA) is 69.7 Å². The molecule has 0 aliphatic rings. The first-order valence-electron chi connectivity index (χ1n) is 3.90. The van der Waals surface area contributed by atoms with Crippen molar-refractivity contribution in [3.8, 4) is 0 Å². The molecule has 0 saturated carbocycles. The van der Waals surface area contributed by atoms with Gasteiger partial charge >= 0.3 is 10.1 Å². The molecular formula is C7H7F2O5PS. The summed E-state index contributed by atoms with van der Waals surface area (Å²) >= 11 is 0. The van der Waals surface area contributed by atoms with Crippen LogP contribution < -0.4 is 0 Å². The van der Waals surface area contributed by atoms with Crippen LogP contribution in [0.2, 0.25) is 0 Å². The van der Waals surface area contributed by atoms with E-state index in [9.17, 15) is 21.8 Å². The number of benzene rings is 1. The van der Waals surface area contributed by atoms with Gasteiger partial charge in [-0.2, -0.15) is 13.1 Å². The molecule has 9 heteroatoms. The molecule has 1 atom stereocenters. The molecular weight excluding hydrogens is 265 g/mol. The maximum absolute atomic E-state index is 13.0. The summed E-state index contributed by atoms with van der Waals surface area (Å²) in [6, 6.07) is 1.80. The normalized spacial score (nSPS) is 13.7. The summed E-state index contributed by atoms with van der Waals surface area (Å²) < 4.78 is 66.4. The minimum atomic E-state index is -4.62. The predicted molar refractivity (Wildman–Crippen MR) is 50.6 cm³/mol. The highest BCUT2D eigenvalue weighted by Gasteiger charge is 2.22. The summed E-state index contributed by atoms with van der Waals surface area (Å²) in [5.74, 6) is -2.14. The highest BCUT2D eigenvalue weighted by Crippen LogP contribution is 2.23. The molecule has 0 aliphatic carbocycles. The second-order valence-corrected chi connectivity index (χ2v) is 5.31. The highest BCUT2D eigenvalue weighted by molar-refractivity contribution is 7.86. The van der Waals surface area contributed by atoms with Crippen LogP contribution in [0, 0.1) is 11.6 Å². The average molecular weight is 272 g/mol. The molecule has 16 heavy (non-hydrogen) atoms. The molecule has 0 amide bonds. The molecule has 1 rings (SSSR count).